The van der Waals surface area contributed by atoms with Gasteiger partial charge in [0.25, 0.3) is 10.0 Å². The highest BCUT2D eigenvalue weighted by Gasteiger charge is 2.32. The molecular weight excluding hydrogens is 573 g/mol. The zero-order valence-electron chi connectivity index (χ0n) is 22.6. The molecule has 2 amide bonds. The van der Waals surface area contributed by atoms with Crippen molar-refractivity contribution in [3.8, 4) is 5.75 Å². The summed E-state index contributed by atoms with van der Waals surface area (Å²) in [5, 5.41) is 3.24. The highest BCUT2D eigenvalue weighted by molar-refractivity contribution is 7.92. The van der Waals surface area contributed by atoms with Crippen LogP contribution in [0.15, 0.2) is 77.7 Å². The van der Waals surface area contributed by atoms with E-state index >= 15 is 0 Å². The molecule has 3 aromatic carbocycles. The van der Waals surface area contributed by atoms with Crippen molar-refractivity contribution < 1.29 is 22.7 Å². The van der Waals surface area contributed by atoms with E-state index in [4.69, 9.17) is 27.9 Å². The normalized spacial score (nSPS) is 11.9. The third-order valence-corrected chi connectivity index (χ3v) is 8.81. The molecule has 214 valence electrons. The van der Waals surface area contributed by atoms with Crippen LogP contribution in [0.5, 0.6) is 5.75 Å². The van der Waals surface area contributed by atoms with Gasteiger partial charge in [-0.15, -0.1) is 0 Å². The SMILES string of the molecule is CCCCNC(=O)[C@@H](C)N(Cc1cccc(OC)c1)C(=O)CN(c1ccc(Cl)c(Cl)c1)S(=O)(=O)c1ccccc1. The molecule has 3 rings (SSSR count). The Labute approximate surface area is 245 Å². The molecule has 0 spiro atoms. The molecule has 40 heavy (non-hydrogen) atoms. The van der Waals surface area contributed by atoms with Crippen LogP contribution in [0.25, 0.3) is 0 Å². The number of halogens is 2. The molecule has 0 unspecified atom stereocenters. The summed E-state index contributed by atoms with van der Waals surface area (Å²) < 4.78 is 33.9. The highest BCUT2D eigenvalue weighted by atomic mass is 35.5. The number of anilines is 1. The number of benzene rings is 3. The Morgan fingerprint density at radius 1 is 0.975 bits per heavy atom. The van der Waals surface area contributed by atoms with Crippen LogP contribution >= 0.6 is 23.2 Å². The Morgan fingerprint density at radius 3 is 2.35 bits per heavy atom. The average Bonchev–Trinajstić information content (AvgIpc) is 2.96. The number of ether oxygens (including phenoxy) is 1. The molecule has 0 saturated heterocycles. The molecule has 0 saturated carbocycles. The van der Waals surface area contributed by atoms with E-state index in [1.807, 2.05) is 13.0 Å². The minimum absolute atomic E-state index is 0.00132. The highest BCUT2D eigenvalue weighted by Crippen LogP contribution is 2.31. The Kier molecular flexibility index (Phi) is 11.2. The second kappa shape index (κ2) is 14.4. The number of hydrogen-bond donors (Lipinski definition) is 1. The number of nitrogens with one attached hydrogen (secondary N) is 1. The summed E-state index contributed by atoms with van der Waals surface area (Å²) in [5.74, 6) is -0.322. The fraction of sp³-hybridized carbons (Fsp3) is 0.310. The summed E-state index contributed by atoms with van der Waals surface area (Å²) in [5.41, 5.74) is 0.876. The predicted molar refractivity (Wildman–Crippen MR) is 158 cm³/mol. The van der Waals surface area contributed by atoms with Crippen LogP contribution in [-0.2, 0) is 26.2 Å². The summed E-state index contributed by atoms with van der Waals surface area (Å²) in [4.78, 5) is 28.3. The maximum Gasteiger partial charge on any atom is 0.264 e. The summed E-state index contributed by atoms with van der Waals surface area (Å²) in [6.45, 7) is 3.58. The zero-order chi connectivity index (χ0) is 29.3. The van der Waals surface area contributed by atoms with Crippen molar-refractivity contribution in [1.29, 1.82) is 0 Å². The van der Waals surface area contributed by atoms with Crippen molar-refractivity contribution in [1.82, 2.24) is 10.2 Å². The van der Waals surface area contributed by atoms with Gasteiger partial charge in [-0.3, -0.25) is 13.9 Å². The lowest BCUT2D eigenvalue weighted by molar-refractivity contribution is -0.139. The van der Waals surface area contributed by atoms with Gasteiger partial charge in [-0.2, -0.15) is 0 Å². The quantitative estimate of drug-likeness (QED) is 0.258. The molecule has 11 heteroatoms. The molecule has 1 N–H and O–H groups in total. The van der Waals surface area contributed by atoms with Gasteiger partial charge in [-0.1, -0.05) is 66.9 Å². The first-order valence-corrected chi connectivity index (χ1v) is 15.0. The van der Waals surface area contributed by atoms with E-state index in [2.05, 4.69) is 5.32 Å². The minimum atomic E-state index is -4.20. The van der Waals surface area contributed by atoms with E-state index < -0.39 is 28.5 Å². The van der Waals surface area contributed by atoms with Crippen LogP contribution < -0.4 is 14.4 Å². The van der Waals surface area contributed by atoms with Crippen LogP contribution in [0.3, 0.4) is 0 Å². The topological polar surface area (TPSA) is 96.0 Å². The molecular formula is C29H33Cl2N3O5S. The van der Waals surface area contributed by atoms with Crippen LogP contribution in [0, 0.1) is 0 Å². The zero-order valence-corrected chi connectivity index (χ0v) is 25.0. The van der Waals surface area contributed by atoms with Gasteiger partial charge in [0, 0.05) is 13.1 Å². The van der Waals surface area contributed by atoms with Crippen molar-refractivity contribution in [2.75, 3.05) is 24.5 Å². The molecule has 0 aromatic heterocycles. The molecule has 0 aliphatic rings. The number of carbonyl (C=O) groups is 2. The lowest BCUT2D eigenvalue weighted by Gasteiger charge is -2.32. The number of rotatable bonds is 13. The molecule has 1 atom stereocenters. The molecule has 0 radical (unpaired) electrons. The molecule has 0 aliphatic carbocycles. The Morgan fingerprint density at radius 2 is 1.70 bits per heavy atom. The first-order chi connectivity index (χ1) is 19.1. The van der Waals surface area contributed by atoms with Crippen molar-refractivity contribution in [2.45, 2.75) is 44.2 Å². The van der Waals surface area contributed by atoms with E-state index in [9.17, 15) is 18.0 Å². The van der Waals surface area contributed by atoms with E-state index in [1.54, 1.807) is 43.3 Å². The number of hydrogen-bond acceptors (Lipinski definition) is 5. The number of nitrogens with zero attached hydrogens (tertiary/aromatic N) is 2. The lowest BCUT2D eigenvalue weighted by Crippen LogP contribution is -2.51. The van der Waals surface area contributed by atoms with E-state index in [0.29, 0.717) is 17.9 Å². The van der Waals surface area contributed by atoms with Crippen molar-refractivity contribution >= 4 is 50.7 Å². The Bertz CT molecular complexity index is 1420. The number of unbranched alkanes of at least 4 members (excludes halogenated alkanes) is 1. The second-order valence-electron chi connectivity index (χ2n) is 9.12. The van der Waals surface area contributed by atoms with Crippen LogP contribution in [-0.4, -0.2) is 51.4 Å². The van der Waals surface area contributed by atoms with E-state index in [-0.39, 0.29) is 33.1 Å². The van der Waals surface area contributed by atoms with Gasteiger partial charge in [-0.25, -0.2) is 8.42 Å². The Balaban J connectivity index is 2.02. The molecule has 0 heterocycles. The van der Waals surface area contributed by atoms with E-state index in [1.165, 1.54) is 42.3 Å². The van der Waals surface area contributed by atoms with Crippen molar-refractivity contribution in [2.24, 2.45) is 0 Å². The third kappa shape index (κ3) is 7.90. The summed E-state index contributed by atoms with van der Waals surface area (Å²) >= 11 is 12.3. The van der Waals surface area contributed by atoms with Gasteiger partial charge in [0.2, 0.25) is 11.8 Å². The van der Waals surface area contributed by atoms with Gasteiger partial charge >= 0.3 is 0 Å². The van der Waals surface area contributed by atoms with Crippen LogP contribution in [0.2, 0.25) is 10.0 Å². The van der Waals surface area contributed by atoms with Crippen LogP contribution in [0.1, 0.15) is 32.3 Å². The lowest BCUT2D eigenvalue weighted by atomic mass is 10.1. The predicted octanol–water partition coefficient (Wildman–Crippen LogP) is 5.53. The number of methoxy groups -OCH3 is 1. The molecule has 8 nitrogen and oxygen atoms in total. The van der Waals surface area contributed by atoms with Gasteiger partial charge in [-0.05, 0) is 61.4 Å². The fourth-order valence-electron chi connectivity index (χ4n) is 3.97. The molecule has 0 bridgehead atoms. The van der Waals surface area contributed by atoms with Gasteiger partial charge in [0.15, 0.2) is 0 Å². The van der Waals surface area contributed by atoms with Gasteiger partial charge < -0.3 is 15.0 Å². The molecule has 0 aliphatic heterocycles. The van der Waals surface area contributed by atoms with Crippen molar-refractivity contribution in [3.63, 3.8) is 0 Å². The minimum Gasteiger partial charge on any atom is -0.497 e. The second-order valence-corrected chi connectivity index (χ2v) is 11.8. The first-order valence-electron chi connectivity index (χ1n) is 12.8. The summed E-state index contributed by atoms with van der Waals surface area (Å²) in [6.07, 6.45) is 1.69. The summed E-state index contributed by atoms with van der Waals surface area (Å²) in [6, 6.07) is 18.4. The number of sulfonamides is 1. The van der Waals surface area contributed by atoms with Crippen LogP contribution in [0.4, 0.5) is 5.69 Å². The summed E-state index contributed by atoms with van der Waals surface area (Å²) in [7, 11) is -2.66. The monoisotopic (exact) mass is 605 g/mol. The number of carbonyl (C=O) groups excluding carboxylic acids is 2. The molecule has 0 fully saturated rings. The average molecular weight is 607 g/mol. The molecule has 3 aromatic rings. The van der Waals surface area contributed by atoms with Crippen molar-refractivity contribution in [3.05, 3.63) is 88.4 Å². The fourth-order valence-corrected chi connectivity index (χ4v) is 5.69. The maximum absolute atomic E-state index is 13.9. The standard InChI is InChI=1S/C29H33Cl2N3O5S/c1-4-5-16-32-29(36)21(2)33(19-22-10-9-11-24(17-22)39-3)28(35)20-34(23-14-15-26(30)27(31)18-23)40(37,38)25-12-7-6-8-13-25/h6-15,17-18,21H,4-5,16,19-20H2,1-3H3,(H,32,36)/t21-/m1/s1. The largest absolute Gasteiger partial charge is 0.497 e. The third-order valence-electron chi connectivity index (χ3n) is 6.29. The Hall–Kier alpha value is -3.27. The maximum atomic E-state index is 13.9. The van der Waals surface area contributed by atoms with E-state index in [0.717, 1.165) is 17.1 Å². The number of amides is 2. The van der Waals surface area contributed by atoms with Gasteiger partial charge in [0.05, 0.1) is 27.7 Å². The van der Waals surface area contributed by atoms with Gasteiger partial charge in [0.1, 0.15) is 18.3 Å². The first kappa shape index (κ1) is 31.3. The smallest absolute Gasteiger partial charge is 0.264 e.